The average Bonchev–Trinajstić information content (AvgIpc) is 2.61. The highest BCUT2D eigenvalue weighted by Crippen LogP contribution is 2.18. The third-order valence-electron chi connectivity index (χ3n) is 4.86. The summed E-state index contributed by atoms with van der Waals surface area (Å²) in [6, 6.07) is -0.890. The van der Waals surface area contributed by atoms with Crippen LogP contribution >= 0.6 is 0 Å². The Bertz CT molecular complexity index is 508. The second kappa shape index (κ2) is 12.8. The number of hydrogen-bond donors (Lipinski definition) is 2. The summed E-state index contributed by atoms with van der Waals surface area (Å²) in [5.41, 5.74) is 0. The van der Waals surface area contributed by atoms with Crippen LogP contribution in [0.1, 0.15) is 60.8 Å². The summed E-state index contributed by atoms with van der Waals surface area (Å²) in [5, 5.41) is 5.62. The largest absolute Gasteiger partial charge is 0.357 e. The van der Waals surface area contributed by atoms with Crippen LogP contribution in [-0.4, -0.2) is 73.3 Å². The first kappa shape index (κ1) is 26.4. The first-order valence-electron chi connectivity index (χ1n) is 10.4. The van der Waals surface area contributed by atoms with Gasteiger partial charge in [0.1, 0.15) is 6.04 Å². The minimum Gasteiger partial charge on any atom is -0.357 e. The number of nitrogens with zero attached hydrogens (tertiary/aromatic N) is 2. The number of carbonyl (C=O) groups is 3. The molecule has 3 amide bonds. The van der Waals surface area contributed by atoms with Crippen molar-refractivity contribution >= 4 is 17.7 Å². The quantitative estimate of drug-likeness (QED) is 0.526. The molecular weight excluding hydrogens is 356 g/mol. The van der Waals surface area contributed by atoms with Crippen molar-refractivity contribution < 1.29 is 14.4 Å². The third-order valence-corrected chi connectivity index (χ3v) is 4.86. The van der Waals surface area contributed by atoms with Gasteiger partial charge in [-0.05, 0) is 38.6 Å². The monoisotopic (exact) mass is 398 g/mol. The number of likely N-dealkylation sites (N-methyl/N-ethyl adjacent to an activating group) is 3. The van der Waals surface area contributed by atoms with Crippen LogP contribution in [-0.2, 0) is 14.4 Å². The predicted octanol–water partition coefficient (Wildman–Crippen LogP) is 1.87. The Morgan fingerprint density at radius 1 is 0.893 bits per heavy atom. The van der Waals surface area contributed by atoms with Crippen molar-refractivity contribution in [2.75, 3.05) is 27.7 Å². The van der Waals surface area contributed by atoms with Crippen LogP contribution in [0.3, 0.4) is 0 Å². The minimum absolute atomic E-state index is 0.00127. The molecule has 0 heterocycles. The van der Waals surface area contributed by atoms with Crippen molar-refractivity contribution in [2.24, 2.45) is 11.8 Å². The maximum Gasteiger partial charge on any atom is 0.242 e. The van der Waals surface area contributed by atoms with E-state index in [1.165, 1.54) is 0 Å². The zero-order chi connectivity index (χ0) is 22.0. The lowest BCUT2D eigenvalue weighted by atomic mass is 9.98. The number of rotatable bonds is 12. The van der Waals surface area contributed by atoms with Crippen LogP contribution < -0.4 is 10.6 Å². The van der Waals surface area contributed by atoms with Crippen molar-refractivity contribution in [1.82, 2.24) is 20.4 Å². The summed E-state index contributed by atoms with van der Waals surface area (Å²) in [4.78, 5) is 40.9. The fourth-order valence-electron chi connectivity index (χ4n) is 3.34. The van der Waals surface area contributed by atoms with Crippen LogP contribution in [0.2, 0.25) is 0 Å². The molecule has 0 rings (SSSR count). The van der Waals surface area contributed by atoms with Gasteiger partial charge in [0.05, 0.1) is 6.04 Å². The van der Waals surface area contributed by atoms with Gasteiger partial charge in [-0.15, -0.1) is 0 Å². The molecule has 2 N–H and O–H groups in total. The van der Waals surface area contributed by atoms with E-state index < -0.39 is 6.04 Å². The number of amides is 3. The zero-order valence-electron chi connectivity index (χ0n) is 19.3. The zero-order valence-corrected chi connectivity index (χ0v) is 19.3. The van der Waals surface area contributed by atoms with Crippen LogP contribution in [0.4, 0.5) is 0 Å². The Hall–Kier alpha value is -1.63. The van der Waals surface area contributed by atoms with Crippen molar-refractivity contribution in [3.05, 3.63) is 0 Å². The van der Waals surface area contributed by atoms with Crippen LogP contribution in [0, 0.1) is 11.8 Å². The molecule has 0 spiro atoms. The Morgan fingerprint density at radius 2 is 1.39 bits per heavy atom. The number of hydrogen-bond acceptors (Lipinski definition) is 4. The summed E-state index contributed by atoms with van der Waals surface area (Å²) in [6.45, 7) is 12.6. The van der Waals surface area contributed by atoms with Gasteiger partial charge in [0.15, 0.2) is 0 Å². The van der Waals surface area contributed by atoms with Gasteiger partial charge in [-0.2, -0.15) is 0 Å². The molecule has 0 fully saturated rings. The third kappa shape index (κ3) is 9.04. The summed E-state index contributed by atoms with van der Waals surface area (Å²) < 4.78 is 0. The van der Waals surface area contributed by atoms with E-state index >= 15 is 0 Å². The molecule has 0 unspecified atom stereocenters. The fourth-order valence-corrected chi connectivity index (χ4v) is 3.34. The average molecular weight is 399 g/mol. The Kier molecular flexibility index (Phi) is 12.0. The van der Waals surface area contributed by atoms with Gasteiger partial charge in [-0.1, -0.05) is 34.6 Å². The minimum atomic E-state index is -0.488. The summed E-state index contributed by atoms with van der Waals surface area (Å²) in [7, 11) is 5.22. The molecule has 7 heteroatoms. The molecule has 0 saturated heterocycles. The predicted molar refractivity (Wildman–Crippen MR) is 114 cm³/mol. The van der Waals surface area contributed by atoms with Gasteiger partial charge in [0, 0.05) is 33.1 Å². The molecule has 0 aliphatic carbocycles. The van der Waals surface area contributed by atoms with E-state index in [1.807, 2.05) is 39.6 Å². The van der Waals surface area contributed by atoms with Crippen molar-refractivity contribution in [3.8, 4) is 0 Å². The second-order valence-corrected chi connectivity index (χ2v) is 8.62. The molecule has 164 valence electrons. The molecule has 0 radical (unpaired) electrons. The second-order valence-electron chi connectivity index (χ2n) is 8.62. The molecule has 0 bridgehead atoms. The van der Waals surface area contributed by atoms with Gasteiger partial charge >= 0.3 is 0 Å². The maximum atomic E-state index is 13.3. The fraction of sp³-hybridized carbons (Fsp3) is 0.857. The van der Waals surface area contributed by atoms with Crippen LogP contribution in [0.25, 0.3) is 0 Å². The van der Waals surface area contributed by atoms with Gasteiger partial charge in [-0.3, -0.25) is 19.3 Å². The Labute approximate surface area is 171 Å². The van der Waals surface area contributed by atoms with Gasteiger partial charge in [0.2, 0.25) is 17.7 Å². The van der Waals surface area contributed by atoms with E-state index in [0.29, 0.717) is 37.6 Å². The standard InChI is InChI=1S/C21H42N4O3/c1-10-19(26)23-16(6)13-24(8)18(12-15(4)5)21(28)25(9)17(11-14(2)3)20(27)22-7/h14-18H,10-13H2,1-9H3,(H,22,27)(H,23,26)/t16-,17+,18+/m1/s1. The molecule has 0 saturated carbocycles. The summed E-state index contributed by atoms with van der Waals surface area (Å²) >= 11 is 0. The van der Waals surface area contributed by atoms with Crippen molar-refractivity contribution in [3.63, 3.8) is 0 Å². The molecule has 3 atom stereocenters. The number of nitrogens with one attached hydrogen (secondary N) is 2. The van der Waals surface area contributed by atoms with Crippen LogP contribution in [0.5, 0.6) is 0 Å². The lowest BCUT2D eigenvalue weighted by molar-refractivity contribution is -0.143. The summed E-state index contributed by atoms with van der Waals surface area (Å²) in [5.74, 6) is 0.428. The highest BCUT2D eigenvalue weighted by Gasteiger charge is 2.33. The lowest BCUT2D eigenvalue weighted by Gasteiger charge is -2.36. The summed E-state index contributed by atoms with van der Waals surface area (Å²) in [6.07, 6.45) is 1.74. The van der Waals surface area contributed by atoms with E-state index in [9.17, 15) is 14.4 Å². The Morgan fingerprint density at radius 3 is 1.82 bits per heavy atom. The molecule has 0 aromatic rings. The molecule has 0 aliphatic heterocycles. The molecule has 0 aliphatic rings. The topological polar surface area (TPSA) is 81.8 Å². The number of carbonyl (C=O) groups excluding carboxylic acids is 3. The first-order chi connectivity index (χ1) is 12.9. The molecule has 7 nitrogen and oxygen atoms in total. The van der Waals surface area contributed by atoms with E-state index in [2.05, 4.69) is 24.5 Å². The lowest BCUT2D eigenvalue weighted by Crippen LogP contribution is -2.55. The van der Waals surface area contributed by atoms with E-state index in [0.717, 1.165) is 0 Å². The Balaban J connectivity index is 5.40. The van der Waals surface area contributed by atoms with Gasteiger partial charge < -0.3 is 15.5 Å². The highest BCUT2D eigenvalue weighted by molar-refractivity contribution is 5.89. The smallest absolute Gasteiger partial charge is 0.242 e. The van der Waals surface area contributed by atoms with E-state index in [4.69, 9.17) is 0 Å². The van der Waals surface area contributed by atoms with Crippen molar-refractivity contribution in [2.45, 2.75) is 78.9 Å². The maximum absolute atomic E-state index is 13.3. The molecular formula is C21H42N4O3. The first-order valence-corrected chi connectivity index (χ1v) is 10.4. The normalized spacial score (nSPS) is 14.7. The van der Waals surface area contributed by atoms with E-state index in [-0.39, 0.29) is 29.8 Å². The van der Waals surface area contributed by atoms with Crippen LogP contribution in [0.15, 0.2) is 0 Å². The molecule has 0 aromatic carbocycles. The van der Waals surface area contributed by atoms with E-state index in [1.54, 1.807) is 19.0 Å². The van der Waals surface area contributed by atoms with Gasteiger partial charge in [0.25, 0.3) is 0 Å². The van der Waals surface area contributed by atoms with Gasteiger partial charge in [-0.25, -0.2) is 0 Å². The molecule has 0 aromatic heterocycles. The highest BCUT2D eigenvalue weighted by atomic mass is 16.2. The van der Waals surface area contributed by atoms with Crippen molar-refractivity contribution in [1.29, 1.82) is 0 Å². The SMILES string of the molecule is CCC(=O)N[C@H](C)CN(C)[C@@H](CC(C)C)C(=O)N(C)[C@@H](CC(C)C)C(=O)NC. The molecule has 28 heavy (non-hydrogen) atoms.